The highest BCUT2D eigenvalue weighted by Crippen LogP contribution is 2.34. The maximum Gasteiger partial charge on any atom is 0.573 e. The van der Waals surface area contributed by atoms with Gasteiger partial charge in [-0.25, -0.2) is 0 Å². The molecule has 0 saturated carbocycles. The summed E-state index contributed by atoms with van der Waals surface area (Å²) in [6.07, 6.45) is 2.34. The summed E-state index contributed by atoms with van der Waals surface area (Å²) in [4.78, 5) is 40.8. The Balaban J connectivity index is 0.981. The van der Waals surface area contributed by atoms with Crippen molar-refractivity contribution in [2.75, 3.05) is 16.0 Å². The van der Waals surface area contributed by atoms with E-state index in [1.165, 1.54) is 17.0 Å². The van der Waals surface area contributed by atoms with E-state index >= 15 is 0 Å². The highest BCUT2D eigenvalue weighted by Gasteiger charge is 2.34. The molecule has 8 nitrogen and oxygen atoms in total. The summed E-state index contributed by atoms with van der Waals surface area (Å²) >= 11 is 7.50. The molecular formula is C39H33ClF3N3O5S. The number of halogens is 4. The number of benzene rings is 4. The van der Waals surface area contributed by atoms with Crippen LogP contribution in [0.2, 0.25) is 5.02 Å². The fourth-order valence-electron chi connectivity index (χ4n) is 5.87. The first-order valence-electron chi connectivity index (χ1n) is 16.4. The first-order valence-corrected chi connectivity index (χ1v) is 17.8. The zero-order valence-corrected chi connectivity index (χ0v) is 29.1. The number of piperidine rings is 1. The van der Waals surface area contributed by atoms with Crippen LogP contribution in [0, 0.1) is 0 Å². The number of alkyl halides is 3. The van der Waals surface area contributed by atoms with Crippen LogP contribution in [0.4, 0.5) is 24.5 Å². The van der Waals surface area contributed by atoms with Gasteiger partial charge in [0, 0.05) is 35.0 Å². The minimum Gasteiger partial charge on any atom is -0.457 e. The van der Waals surface area contributed by atoms with Crippen molar-refractivity contribution in [3.05, 3.63) is 137 Å². The highest BCUT2D eigenvalue weighted by molar-refractivity contribution is 8.00. The van der Waals surface area contributed by atoms with Gasteiger partial charge in [0.1, 0.15) is 22.6 Å². The fraction of sp³-hybridized carbons (Fsp3) is 0.205. The molecule has 0 spiro atoms. The molecule has 2 aliphatic heterocycles. The van der Waals surface area contributed by atoms with Crippen LogP contribution < -0.4 is 25.0 Å². The summed E-state index contributed by atoms with van der Waals surface area (Å²) in [5, 5.41) is 6.20. The van der Waals surface area contributed by atoms with Crippen molar-refractivity contribution in [2.45, 2.75) is 43.3 Å². The molecule has 52 heavy (non-hydrogen) atoms. The third-order valence-corrected chi connectivity index (χ3v) is 9.81. The van der Waals surface area contributed by atoms with Gasteiger partial charge in [-0.2, -0.15) is 0 Å². The number of nitrogens with one attached hydrogen (secondary N) is 2. The number of carbonyl (C=O) groups is 3. The first-order chi connectivity index (χ1) is 25.0. The van der Waals surface area contributed by atoms with Gasteiger partial charge in [0.2, 0.25) is 11.8 Å². The van der Waals surface area contributed by atoms with Gasteiger partial charge in [0.25, 0.3) is 5.91 Å². The molecule has 0 aromatic heterocycles. The molecule has 2 aliphatic rings. The standard InChI is InChI=1S/C39H33ClF3N3O5S/c40-28-8-14-31(15-9-28)50-32-18-12-30(13-19-32)46-35(47)23-27(24-36(46)48)26-6-1-4-25(22-26)5-3-21-52-38-34(7-2-20-44-38)37(49)45-29-10-16-33(17-11-29)51-39(41,42)43/h1-2,4,6-20,22,27,38,44H,3,5,21,23-24H2,(H,45,49). The molecule has 6 rings (SSSR count). The summed E-state index contributed by atoms with van der Waals surface area (Å²) in [7, 11) is 0. The van der Waals surface area contributed by atoms with E-state index in [4.69, 9.17) is 16.3 Å². The Bertz CT molecular complexity index is 1950. The molecule has 4 aromatic rings. The number of dihydropyridines is 1. The van der Waals surface area contributed by atoms with Crippen molar-refractivity contribution in [1.82, 2.24) is 5.32 Å². The number of carbonyl (C=O) groups excluding carboxylic acids is 3. The molecule has 1 unspecified atom stereocenters. The maximum atomic E-state index is 13.3. The van der Waals surface area contributed by atoms with E-state index in [1.807, 2.05) is 18.2 Å². The Morgan fingerprint density at radius 1 is 0.904 bits per heavy atom. The van der Waals surface area contributed by atoms with E-state index < -0.39 is 6.36 Å². The molecule has 1 atom stereocenters. The van der Waals surface area contributed by atoms with Crippen LogP contribution in [0.3, 0.4) is 0 Å². The first kappa shape index (κ1) is 36.6. The van der Waals surface area contributed by atoms with Crippen molar-refractivity contribution in [2.24, 2.45) is 0 Å². The Kier molecular flexibility index (Phi) is 11.6. The zero-order chi connectivity index (χ0) is 36.7. The minimum atomic E-state index is -4.80. The number of nitrogens with zero attached hydrogens (tertiary/aromatic N) is 1. The largest absolute Gasteiger partial charge is 0.573 e. The predicted octanol–water partition coefficient (Wildman–Crippen LogP) is 9.14. The van der Waals surface area contributed by atoms with Crippen molar-refractivity contribution < 1.29 is 37.0 Å². The lowest BCUT2D eigenvalue weighted by Gasteiger charge is -2.30. The number of allylic oxidation sites excluding steroid dienone is 2. The monoisotopic (exact) mass is 747 g/mol. The molecule has 2 N–H and O–H groups in total. The molecule has 0 bridgehead atoms. The Morgan fingerprint density at radius 3 is 2.23 bits per heavy atom. The average Bonchev–Trinajstić information content (AvgIpc) is 3.12. The van der Waals surface area contributed by atoms with Crippen LogP contribution in [0.15, 0.2) is 121 Å². The molecule has 3 amide bonds. The molecular weight excluding hydrogens is 715 g/mol. The lowest BCUT2D eigenvalue weighted by Crippen LogP contribution is -2.42. The number of hydrogen-bond donors (Lipinski definition) is 2. The van der Waals surface area contributed by atoms with Crippen LogP contribution in [-0.2, 0) is 20.8 Å². The molecule has 2 heterocycles. The van der Waals surface area contributed by atoms with Gasteiger partial charge in [0.15, 0.2) is 0 Å². The van der Waals surface area contributed by atoms with Crippen molar-refractivity contribution >= 4 is 52.5 Å². The van der Waals surface area contributed by atoms with Gasteiger partial charge in [-0.3, -0.25) is 19.3 Å². The molecule has 268 valence electrons. The topological polar surface area (TPSA) is 97.0 Å². The van der Waals surface area contributed by atoms with E-state index in [2.05, 4.69) is 21.4 Å². The molecule has 1 fully saturated rings. The number of hydrogen-bond acceptors (Lipinski definition) is 7. The summed E-state index contributed by atoms with van der Waals surface area (Å²) in [6, 6.07) is 26.7. The molecule has 13 heteroatoms. The average molecular weight is 748 g/mol. The van der Waals surface area contributed by atoms with E-state index in [-0.39, 0.29) is 47.6 Å². The SMILES string of the molecule is O=C(Nc1ccc(OC(F)(F)F)cc1)C1=CC=CNC1SCCCc1cccc(C2CC(=O)N(c3ccc(Oc4ccc(Cl)cc4)cc3)C(=O)C2)c1. The zero-order valence-electron chi connectivity index (χ0n) is 27.6. The van der Waals surface area contributed by atoms with Gasteiger partial charge in [-0.1, -0.05) is 35.9 Å². The summed E-state index contributed by atoms with van der Waals surface area (Å²) in [6.45, 7) is 0. The molecule has 0 aliphatic carbocycles. The fourth-order valence-corrected chi connectivity index (χ4v) is 7.08. The number of ether oxygens (including phenoxy) is 2. The number of thioether (sulfide) groups is 1. The van der Waals surface area contributed by atoms with Gasteiger partial charge in [-0.15, -0.1) is 24.9 Å². The summed E-state index contributed by atoms with van der Waals surface area (Å²) in [5.41, 5.74) is 3.34. The summed E-state index contributed by atoms with van der Waals surface area (Å²) in [5.74, 6) is 0.412. The summed E-state index contributed by atoms with van der Waals surface area (Å²) < 4.78 is 47.1. The second-order valence-corrected chi connectivity index (χ2v) is 13.7. The number of anilines is 2. The molecule has 1 saturated heterocycles. The smallest absolute Gasteiger partial charge is 0.457 e. The minimum absolute atomic E-state index is 0.206. The number of rotatable bonds is 12. The molecule has 4 aromatic carbocycles. The van der Waals surface area contributed by atoms with Gasteiger partial charge in [0.05, 0.1) is 5.69 Å². The molecule has 0 radical (unpaired) electrons. The second-order valence-electron chi connectivity index (χ2n) is 12.1. The number of imide groups is 1. The highest BCUT2D eigenvalue weighted by atomic mass is 35.5. The Hall–Kier alpha value is -5.20. The van der Waals surface area contributed by atoms with Crippen molar-refractivity contribution in [3.8, 4) is 17.2 Å². The second kappa shape index (κ2) is 16.4. The lowest BCUT2D eigenvalue weighted by atomic mass is 9.87. The normalized spacial score (nSPS) is 16.3. The Labute approximate surface area is 307 Å². The maximum absolute atomic E-state index is 13.3. The van der Waals surface area contributed by atoms with E-state index in [1.54, 1.807) is 78.6 Å². The van der Waals surface area contributed by atoms with Crippen LogP contribution in [0.5, 0.6) is 17.2 Å². The quantitative estimate of drug-likeness (QED) is 0.110. The van der Waals surface area contributed by atoms with Crippen molar-refractivity contribution in [3.63, 3.8) is 0 Å². The van der Waals surface area contributed by atoms with Crippen LogP contribution >= 0.6 is 23.4 Å². The van der Waals surface area contributed by atoms with Gasteiger partial charge >= 0.3 is 6.36 Å². The van der Waals surface area contributed by atoms with E-state index in [9.17, 15) is 27.6 Å². The van der Waals surface area contributed by atoms with Gasteiger partial charge < -0.3 is 20.1 Å². The van der Waals surface area contributed by atoms with Crippen molar-refractivity contribution in [1.29, 1.82) is 0 Å². The Morgan fingerprint density at radius 2 is 1.56 bits per heavy atom. The van der Waals surface area contributed by atoms with Crippen LogP contribution in [0.1, 0.15) is 36.3 Å². The predicted molar refractivity (Wildman–Crippen MR) is 196 cm³/mol. The van der Waals surface area contributed by atoms with Gasteiger partial charge in [-0.05, 0) is 121 Å². The third kappa shape index (κ3) is 9.77. The third-order valence-electron chi connectivity index (χ3n) is 8.31. The van der Waals surface area contributed by atoms with E-state index in [0.717, 1.165) is 41.9 Å². The van der Waals surface area contributed by atoms with E-state index in [0.29, 0.717) is 33.5 Å². The lowest BCUT2D eigenvalue weighted by molar-refractivity contribution is -0.274. The van der Waals surface area contributed by atoms with Crippen LogP contribution in [0.25, 0.3) is 0 Å². The van der Waals surface area contributed by atoms with Crippen LogP contribution in [-0.4, -0.2) is 35.2 Å². The number of aryl methyl sites for hydroxylation is 1. The number of amides is 3.